The predicted octanol–water partition coefficient (Wildman–Crippen LogP) is 3.90. The van der Waals surface area contributed by atoms with Gasteiger partial charge in [-0.3, -0.25) is 14.3 Å². The van der Waals surface area contributed by atoms with Gasteiger partial charge < -0.3 is 9.73 Å². The van der Waals surface area contributed by atoms with E-state index in [2.05, 4.69) is 10.2 Å². The van der Waals surface area contributed by atoms with E-state index in [0.717, 1.165) is 33.7 Å². The number of amides is 1. The van der Waals surface area contributed by atoms with E-state index in [-0.39, 0.29) is 5.91 Å². The molecule has 1 N–H and O–H groups in total. The molecule has 2 aromatic carbocycles. The van der Waals surface area contributed by atoms with Crippen LogP contribution in [0.1, 0.15) is 23.0 Å². The number of carbonyl (C=O) groups is 1. The summed E-state index contributed by atoms with van der Waals surface area (Å²) in [5.41, 5.74) is 5.37. The van der Waals surface area contributed by atoms with Crippen molar-refractivity contribution < 1.29 is 9.21 Å². The molecular formula is C23H23N5O2S. The quantitative estimate of drug-likeness (QED) is 0.495. The van der Waals surface area contributed by atoms with Crippen molar-refractivity contribution in [2.24, 2.45) is 0 Å². The maximum atomic E-state index is 13.1. The van der Waals surface area contributed by atoms with Crippen LogP contribution in [0, 0.1) is 18.7 Å². The Hall–Kier alpha value is -3.23. The van der Waals surface area contributed by atoms with Gasteiger partial charge >= 0.3 is 0 Å². The molecule has 158 valence electrons. The summed E-state index contributed by atoms with van der Waals surface area (Å²) in [4.78, 5) is 15.6. The second-order valence-electron chi connectivity index (χ2n) is 7.74. The van der Waals surface area contributed by atoms with E-state index in [9.17, 15) is 4.79 Å². The number of aromatic nitrogens is 3. The molecule has 1 saturated heterocycles. The van der Waals surface area contributed by atoms with Gasteiger partial charge in [-0.1, -0.05) is 30.3 Å². The Balaban J connectivity index is 1.57. The zero-order valence-corrected chi connectivity index (χ0v) is 18.2. The number of para-hydroxylation sites is 3. The first-order chi connectivity index (χ1) is 15.0. The van der Waals surface area contributed by atoms with Crippen LogP contribution in [0.4, 0.5) is 0 Å². The molecule has 0 radical (unpaired) electrons. The van der Waals surface area contributed by atoms with Crippen LogP contribution in [-0.4, -0.2) is 38.2 Å². The van der Waals surface area contributed by atoms with Crippen LogP contribution in [0.15, 0.2) is 59.0 Å². The van der Waals surface area contributed by atoms with Crippen molar-refractivity contribution in [2.75, 3.05) is 13.1 Å². The van der Waals surface area contributed by atoms with Crippen molar-refractivity contribution in [1.29, 1.82) is 0 Å². The monoisotopic (exact) mass is 433 g/mol. The van der Waals surface area contributed by atoms with Crippen molar-refractivity contribution in [1.82, 2.24) is 24.6 Å². The van der Waals surface area contributed by atoms with Crippen LogP contribution < -0.4 is 5.32 Å². The smallest absolute Gasteiger partial charge is 0.270 e. The topological polar surface area (TPSA) is 68.2 Å². The van der Waals surface area contributed by atoms with Crippen LogP contribution in [-0.2, 0) is 11.5 Å². The van der Waals surface area contributed by atoms with E-state index >= 15 is 0 Å². The first-order valence-electron chi connectivity index (χ1n) is 10.3. The molecule has 1 aliphatic heterocycles. The highest BCUT2D eigenvalue weighted by atomic mass is 32.1. The molecule has 2 aromatic heterocycles. The predicted molar refractivity (Wildman–Crippen MR) is 121 cm³/mol. The molecule has 0 bridgehead atoms. The standard InChI is InChI=1S/C23H23N5O2S/c1-15-20(16(2)28(25-15)17-8-4-3-5-9-17)21-22(29)24-12-13-26(21)14-27-18-10-6-7-11-19(18)30-23(27)31/h3-11,21H,12-14H2,1-2H3,(H,24,29)/t21-/m0/s1. The number of hydrogen-bond acceptors (Lipinski definition) is 5. The van der Waals surface area contributed by atoms with Crippen LogP contribution in [0.3, 0.4) is 0 Å². The molecule has 1 fully saturated rings. The summed E-state index contributed by atoms with van der Waals surface area (Å²) in [6, 6.07) is 17.3. The zero-order valence-electron chi connectivity index (χ0n) is 17.4. The fourth-order valence-electron chi connectivity index (χ4n) is 4.38. The highest BCUT2D eigenvalue weighted by molar-refractivity contribution is 7.71. The van der Waals surface area contributed by atoms with Gasteiger partial charge in [0.15, 0.2) is 5.58 Å². The lowest BCUT2D eigenvalue weighted by Gasteiger charge is -2.35. The average molecular weight is 434 g/mol. The molecule has 8 heteroatoms. The second-order valence-corrected chi connectivity index (χ2v) is 8.09. The van der Waals surface area contributed by atoms with E-state index in [1.807, 2.05) is 77.7 Å². The number of oxazole rings is 1. The summed E-state index contributed by atoms with van der Waals surface area (Å²) in [7, 11) is 0. The Morgan fingerprint density at radius 2 is 1.87 bits per heavy atom. The minimum absolute atomic E-state index is 0.0237. The van der Waals surface area contributed by atoms with Crippen molar-refractivity contribution >= 4 is 29.2 Å². The Labute approximate surface area is 184 Å². The third kappa shape index (κ3) is 3.37. The van der Waals surface area contributed by atoms with Crippen molar-refractivity contribution in [2.45, 2.75) is 26.6 Å². The summed E-state index contributed by atoms with van der Waals surface area (Å²) < 4.78 is 9.61. The number of rotatable bonds is 4. The van der Waals surface area contributed by atoms with Crippen molar-refractivity contribution in [3.63, 3.8) is 0 Å². The van der Waals surface area contributed by atoms with Gasteiger partial charge in [-0.15, -0.1) is 0 Å². The van der Waals surface area contributed by atoms with Gasteiger partial charge in [0.2, 0.25) is 5.91 Å². The minimum atomic E-state index is -0.457. The zero-order chi connectivity index (χ0) is 21.5. The third-order valence-electron chi connectivity index (χ3n) is 5.83. The van der Waals surface area contributed by atoms with Crippen molar-refractivity contribution in [3.05, 3.63) is 76.4 Å². The van der Waals surface area contributed by atoms with E-state index in [4.69, 9.17) is 21.7 Å². The number of fused-ring (bicyclic) bond motifs is 1. The number of carbonyl (C=O) groups excluding carboxylic acids is 1. The Bertz CT molecular complexity index is 1320. The summed E-state index contributed by atoms with van der Waals surface area (Å²) in [5, 5.41) is 7.77. The van der Waals surface area contributed by atoms with Crippen LogP contribution in [0.5, 0.6) is 0 Å². The van der Waals surface area contributed by atoms with Crippen molar-refractivity contribution in [3.8, 4) is 5.69 Å². The molecule has 7 nitrogen and oxygen atoms in total. The molecule has 1 aliphatic rings. The lowest BCUT2D eigenvalue weighted by atomic mass is 10.0. The molecule has 1 amide bonds. The number of aryl methyl sites for hydroxylation is 1. The number of nitrogens with one attached hydrogen (secondary N) is 1. The summed E-state index contributed by atoms with van der Waals surface area (Å²) in [6.45, 7) is 5.72. The highest BCUT2D eigenvalue weighted by Crippen LogP contribution is 2.31. The Morgan fingerprint density at radius 1 is 1.13 bits per heavy atom. The normalized spacial score (nSPS) is 17.2. The van der Waals surface area contributed by atoms with E-state index < -0.39 is 6.04 Å². The first kappa shape index (κ1) is 19.7. The lowest BCUT2D eigenvalue weighted by Crippen LogP contribution is -2.50. The SMILES string of the molecule is Cc1nn(-c2ccccc2)c(C)c1[C@H]1C(=O)NCCN1Cn1c(=S)oc2ccccc21. The molecular weight excluding hydrogens is 410 g/mol. The fourth-order valence-corrected chi connectivity index (χ4v) is 4.63. The third-order valence-corrected chi connectivity index (χ3v) is 6.13. The largest absolute Gasteiger partial charge is 0.429 e. The summed E-state index contributed by atoms with van der Waals surface area (Å²) in [5.74, 6) is -0.0237. The van der Waals surface area contributed by atoms with E-state index in [1.165, 1.54) is 0 Å². The van der Waals surface area contributed by atoms with Gasteiger partial charge in [0.05, 0.1) is 23.6 Å². The Morgan fingerprint density at radius 3 is 2.68 bits per heavy atom. The number of piperazine rings is 1. The average Bonchev–Trinajstić information content (AvgIpc) is 3.25. The number of benzene rings is 2. The molecule has 0 unspecified atom stereocenters. The van der Waals surface area contributed by atoms with Gasteiger partial charge in [-0.2, -0.15) is 5.10 Å². The van der Waals surface area contributed by atoms with Gasteiger partial charge in [0.1, 0.15) is 6.04 Å². The second kappa shape index (κ2) is 7.79. The maximum absolute atomic E-state index is 13.1. The molecule has 4 aromatic rings. The van der Waals surface area contributed by atoms with Crippen LogP contribution in [0.2, 0.25) is 0 Å². The molecule has 31 heavy (non-hydrogen) atoms. The Kier molecular flexibility index (Phi) is 4.95. The van der Waals surface area contributed by atoms with Crippen LogP contribution in [0.25, 0.3) is 16.8 Å². The minimum Gasteiger partial charge on any atom is -0.429 e. The van der Waals surface area contributed by atoms with E-state index in [1.54, 1.807) is 0 Å². The molecule has 0 spiro atoms. The van der Waals surface area contributed by atoms with Gasteiger partial charge in [0, 0.05) is 24.3 Å². The molecule has 3 heterocycles. The van der Waals surface area contributed by atoms with Gasteiger partial charge in [0.25, 0.3) is 4.84 Å². The van der Waals surface area contributed by atoms with E-state index in [0.29, 0.717) is 24.6 Å². The molecule has 1 atom stereocenters. The maximum Gasteiger partial charge on any atom is 0.270 e. The van der Waals surface area contributed by atoms with Crippen LogP contribution >= 0.6 is 12.2 Å². The van der Waals surface area contributed by atoms with Gasteiger partial charge in [-0.05, 0) is 50.3 Å². The molecule has 5 rings (SSSR count). The first-order valence-corrected chi connectivity index (χ1v) is 10.7. The summed E-state index contributed by atoms with van der Waals surface area (Å²) in [6.07, 6.45) is 0. The fraction of sp³-hybridized carbons (Fsp3) is 0.261. The summed E-state index contributed by atoms with van der Waals surface area (Å²) >= 11 is 5.48. The molecule has 0 aliphatic carbocycles. The highest BCUT2D eigenvalue weighted by Gasteiger charge is 2.36. The number of hydrogen-bond donors (Lipinski definition) is 1. The van der Waals surface area contributed by atoms with Gasteiger partial charge in [-0.25, -0.2) is 4.68 Å². The molecule has 0 saturated carbocycles. The number of nitrogens with zero attached hydrogens (tertiary/aromatic N) is 4. The lowest BCUT2D eigenvalue weighted by molar-refractivity contribution is -0.130.